The number of amides is 1. The van der Waals surface area contributed by atoms with Gasteiger partial charge in [-0.15, -0.1) is 0 Å². The first-order chi connectivity index (χ1) is 11.7. The van der Waals surface area contributed by atoms with Crippen LogP contribution in [0, 0.1) is 0 Å². The summed E-state index contributed by atoms with van der Waals surface area (Å²) in [7, 11) is 0. The Morgan fingerprint density at radius 1 is 0.962 bits per heavy atom. The lowest BCUT2D eigenvalue weighted by molar-refractivity contribution is -0.143. The summed E-state index contributed by atoms with van der Waals surface area (Å²) in [6.07, 6.45) is -11.6. The number of halogens is 6. The number of hydrogen-bond acceptors (Lipinski definition) is 2. The molecule has 1 heterocycles. The molecule has 1 aliphatic heterocycles. The fourth-order valence-electron chi connectivity index (χ4n) is 3.12. The fourth-order valence-corrected chi connectivity index (χ4v) is 3.12. The van der Waals surface area contributed by atoms with Crippen molar-refractivity contribution in [3.05, 3.63) is 34.9 Å². The Hall–Kier alpha value is -1.93. The third-order valence-electron chi connectivity index (χ3n) is 4.19. The Morgan fingerprint density at radius 2 is 1.42 bits per heavy atom. The molecule has 1 aromatic carbocycles. The second kappa shape index (κ2) is 6.35. The number of ether oxygens (including phenoxy) is 1. The van der Waals surface area contributed by atoms with Gasteiger partial charge in [-0.2, -0.15) is 26.3 Å². The third kappa shape index (κ3) is 3.91. The predicted octanol–water partition coefficient (Wildman–Crippen LogP) is 5.79. The van der Waals surface area contributed by atoms with Crippen LogP contribution >= 0.6 is 0 Å². The van der Waals surface area contributed by atoms with Gasteiger partial charge in [0.05, 0.1) is 17.2 Å². The molecule has 1 amide bonds. The van der Waals surface area contributed by atoms with E-state index in [-0.39, 0.29) is 11.6 Å². The Balaban J connectivity index is 2.58. The number of benzene rings is 1. The summed E-state index contributed by atoms with van der Waals surface area (Å²) in [6.45, 7) is 6.84. The number of hydrogen-bond donors (Lipinski definition) is 0. The molecule has 0 aliphatic carbocycles. The van der Waals surface area contributed by atoms with E-state index in [2.05, 4.69) is 0 Å². The average Bonchev–Trinajstić information content (AvgIpc) is 2.81. The standard InChI is InChI=1S/C17H19F6NO2/c1-5-12-13(26-14(25)24(12)15(2,3)4)9-6-10(16(18,19)20)8-11(7-9)17(21,22)23/h6-8,12-13H,5H2,1-4H3/t12-,13+/m0/s1. The summed E-state index contributed by atoms with van der Waals surface area (Å²) in [6, 6.07) is 0.610. The largest absolute Gasteiger partial charge is 0.439 e. The highest BCUT2D eigenvalue weighted by molar-refractivity contribution is 5.72. The highest BCUT2D eigenvalue weighted by Crippen LogP contribution is 2.42. The molecule has 1 fully saturated rings. The van der Waals surface area contributed by atoms with E-state index in [9.17, 15) is 31.1 Å². The number of nitrogens with zero attached hydrogens (tertiary/aromatic N) is 1. The quantitative estimate of drug-likeness (QED) is 0.605. The van der Waals surface area contributed by atoms with Crippen molar-refractivity contribution in [2.24, 2.45) is 0 Å². The Kier molecular flexibility index (Phi) is 4.98. The first-order valence-electron chi connectivity index (χ1n) is 7.95. The van der Waals surface area contributed by atoms with Crippen LogP contribution in [0.3, 0.4) is 0 Å². The summed E-state index contributed by atoms with van der Waals surface area (Å²) < 4.78 is 83.5. The van der Waals surface area contributed by atoms with E-state index in [4.69, 9.17) is 4.74 Å². The van der Waals surface area contributed by atoms with Crippen molar-refractivity contribution in [2.45, 2.75) is 64.2 Å². The van der Waals surface area contributed by atoms with Crippen LogP contribution in [0.5, 0.6) is 0 Å². The van der Waals surface area contributed by atoms with Gasteiger partial charge in [-0.05, 0) is 51.0 Å². The van der Waals surface area contributed by atoms with Crippen LogP contribution in [-0.2, 0) is 17.1 Å². The van der Waals surface area contributed by atoms with Crippen molar-refractivity contribution in [3.63, 3.8) is 0 Å². The molecule has 3 nitrogen and oxygen atoms in total. The third-order valence-corrected chi connectivity index (χ3v) is 4.19. The van der Waals surface area contributed by atoms with Gasteiger partial charge in [0, 0.05) is 5.54 Å². The molecule has 146 valence electrons. The van der Waals surface area contributed by atoms with Gasteiger partial charge in [-0.1, -0.05) is 6.92 Å². The minimum atomic E-state index is -4.95. The molecule has 2 rings (SSSR count). The van der Waals surface area contributed by atoms with Crippen molar-refractivity contribution in [2.75, 3.05) is 0 Å². The molecular weight excluding hydrogens is 364 g/mol. The minimum absolute atomic E-state index is 0.0583. The molecule has 0 spiro atoms. The second-order valence-electron chi connectivity index (χ2n) is 7.16. The van der Waals surface area contributed by atoms with Crippen molar-refractivity contribution in [1.29, 1.82) is 0 Å². The monoisotopic (exact) mass is 383 g/mol. The fraction of sp³-hybridized carbons (Fsp3) is 0.588. The number of rotatable bonds is 2. The lowest BCUT2D eigenvalue weighted by atomic mass is 9.93. The molecule has 1 aliphatic rings. The summed E-state index contributed by atoms with van der Waals surface area (Å²) in [4.78, 5) is 13.5. The summed E-state index contributed by atoms with van der Waals surface area (Å²) in [5.41, 5.74) is -3.87. The second-order valence-corrected chi connectivity index (χ2v) is 7.16. The lowest BCUT2D eigenvalue weighted by Gasteiger charge is -2.35. The molecule has 1 saturated heterocycles. The number of carbonyl (C=O) groups is 1. The van der Waals surface area contributed by atoms with Crippen molar-refractivity contribution in [1.82, 2.24) is 4.90 Å². The van der Waals surface area contributed by atoms with Crippen LogP contribution in [-0.4, -0.2) is 22.6 Å². The van der Waals surface area contributed by atoms with E-state index in [1.165, 1.54) is 4.90 Å². The summed E-state index contributed by atoms with van der Waals surface area (Å²) >= 11 is 0. The molecule has 0 saturated carbocycles. The average molecular weight is 383 g/mol. The van der Waals surface area contributed by atoms with Gasteiger partial charge in [-0.25, -0.2) is 4.79 Å². The van der Waals surface area contributed by atoms with Gasteiger partial charge < -0.3 is 4.74 Å². The topological polar surface area (TPSA) is 29.5 Å². The van der Waals surface area contributed by atoms with E-state index in [1.807, 2.05) is 0 Å². The molecule has 0 N–H and O–H groups in total. The Bertz CT molecular complexity index is 658. The van der Waals surface area contributed by atoms with Gasteiger partial charge in [-0.3, -0.25) is 4.90 Å². The van der Waals surface area contributed by atoms with E-state index in [0.717, 1.165) is 0 Å². The minimum Gasteiger partial charge on any atom is -0.439 e. The molecule has 0 aromatic heterocycles. The van der Waals surface area contributed by atoms with E-state index < -0.39 is 47.3 Å². The van der Waals surface area contributed by atoms with E-state index in [0.29, 0.717) is 18.6 Å². The first kappa shape index (κ1) is 20.4. The Morgan fingerprint density at radius 3 is 1.77 bits per heavy atom. The SMILES string of the molecule is CC[C@H]1[C@@H](c2cc(C(F)(F)F)cc(C(F)(F)F)c2)OC(=O)N1C(C)(C)C. The maximum Gasteiger partial charge on any atom is 0.416 e. The molecule has 0 bridgehead atoms. The molecule has 26 heavy (non-hydrogen) atoms. The molecule has 0 radical (unpaired) electrons. The maximum absolute atomic E-state index is 13.1. The van der Waals surface area contributed by atoms with Crippen LogP contribution in [0.15, 0.2) is 18.2 Å². The molecular formula is C17H19F6NO2. The van der Waals surface area contributed by atoms with Crippen LogP contribution < -0.4 is 0 Å². The van der Waals surface area contributed by atoms with Gasteiger partial charge in [0.15, 0.2) is 0 Å². The summed E-state index contributed by atoms with van der Waals surface area (Å²) in [5, 5.41) is 0. The van der Waals surface area contributed by atoms with Crippen molar-refractivity contribution < 1.29 is 35.9 Å². The molecule has 9 heteroatoms. The zero-order chi connectivity index (χ0) is 20.1. The van der Waals surface area contributed by atoms with Gasteiger partial charge in [0.2, 0.25) is 0 Å². The van der Waals surface area contributed by atoms with Crippen LogP contribution in [0.2, 0.25) is 0 Å². The van der Waals surface area contributed by atoms with Crippen molar-refractivity contribution in [3.8, 4) is 0 Å². The molecule has 0 unspecified atom stereocenters. The zero-order valence-electron chi connectivity index (χ0n) is 14.6. The van der Waals surface area contributed by atoms with Gasteiger partial charge in [0.1, 0.15) is 6.10 Å². The maximum atomic E-state index is 13.1. The van der Waals surface area contributed by atoms with Crippen molar-refractivity contribution >= 4 is 6.09 Å². The Labute approximate surface area is 146 Å². The van der Waals surface area contributed by atoms with Gasteiger partial charge >= 0.3 is 18.4 Å². The highest BCUT2D eigenvalue weighted by atomic mass is 19.4. The zero-order valence-corrected chi connectivity index (χ0v) is 14.6. The molecule has 2 atom stereocenters. The van der Waals surface area contributed by atoms with Gasteiger partial charge in [0.25, 0.3) is 0 Å². The smallest absolute Gasteiger partial charge is 0.416 e. The van der Waals surface area contributed by atoms with Crippen LogP contribution in [0.25, 0.3) is 0 Å². The lowest BCUT2D eigenvalue weighted by Crippen LogP contribution is -2.47. The van der Waals surface area contributed by atoms with Crippen LogP contribution in [0.4, 0.5) is 31.1 Å². The molecule has 1 aromatic rings. The van der Waals surface area contributed by atoms with Crippen LogP contribution in [0.1, 0.15) is 56.9 Å². The number of alkyl halides is 6. The normalized spacial score (nSPS) is 21.9. The number of carbonyl (C=O) groups excluding carboxylic acids is 1. The van der Waals surface area contributed by atoms with E-state index >= 15 is 0 Å². The van der Waals surface area contributed by atoms with E-state index in [1.54, 1.807) is 27.7 Å². The highest BCUT2D eigenvalue weighted by Gasteiger charge is 2.47. The summed E-state index contributed by atoms with van der Waals surface area (Å²) in [5.74, 6) is 0. The predicted molar refractivity (Wildman–Crippen MR) is 81.3 cm³/mol. The number of cyclic esters (lactones) is 1. The first-order valence-corrected chi connectivity index (χ1v) is 7.95.